The quantitative estimate of drug-likeness (QED) is 0.794. The maximum absolute atomic E-state index is 11.1. The van der Waals surface area contributed by atoms with Crippen molar-refractivity contribution in [3.05, 3.63) is 58.9 Å². The number of carbonyl (C=O) groups is 1. The molecule has 0 saturated heterocycles. The molecule has 0 aliphatic carbocycles. The predicted octanol–water partition coefficient (Wildman–Crippen LogP) is 2.98. The zero-order valence-electron chi connectivity index (χ0n) is 9.91. The van der Waals surface area contributed by atoms with E-state index < -0.39 is 5.97 Å². The Labute approximate surface area is 113 Å². The fourth-order valence-corrected chi connectivity index (χ4v) is 2.63. The Morgan fingerprint density at radius 1 is 1.26 bits per heavy atom. The van der Waals surface area contributed by atoms with Crippen LogP contribution in [0.3, 0.4) is 0 Å². The molecule has 0 aliphatic heterocycles. The number of hydrogen-bond donors (Lipinski definition) is 1. The van der Waals surface area contributed by atoms with E-state index in [0.717, 1.165) is 15.8 Å². The van der Waals surface area contributed by atoms with Crippen LogP contribution in [0.5, 0.6) is 0 Å². The molecule has 0 amide bonds. The molecule has 0 spiro atoms. The Balaban J connectivity index is 1.98. The number of fused-ring (bicyclic) bond motifs is 1. The lowest BCUT2D eigenvalue weighted by atomic mass is 10.0. The largest absolute Gasteiger partial charge is 0.478 e. The Kier molecular flexibility index (Phi) is 2.97. The van der Waals surface area contributed by atoms with Crippen molar-refractivity contribution in [2.75, 3.05) is 0 Å². The summed E-state index contributed by atoms with van der Waals surface area (Å²) in [6, 6.07) is 8.88. The normalized spacial score (nSPS) is 10.7. The van der Waals surface area contributed by atoms with Crippen LogP contribution in [0.2, 0.25) is 0 Å². The molecular formula is C14H10N2O2S. The van der Waals surface area contributed by atoms with E-state index in [1.165, 1.54) is 0 Å². The van der Waals surface area contributed by atoms with Gasteiger partial charge in [-0.3, -0.25) is 0 Å². The fraction of sp³-hybridized carbons (Fsp3) is 0.0714. The summed E-state index contributed by atoms with van der Waals surface area (Å²) in [5.41, 5.74) is 1.93. The van der Waals surface area contributed by atoms with Crippen molar-refractivity contribution in [1.82, 2.24) is 9.97 Å². The predicted molar refractivity (Wildman–Crippen MR) is 73.6 cm³/mol. The van der Waals surface area contributed by atoms with Gasteiger partial charge in [0.15, 0.2) is 0 Å². The zero-order chi connectivity index (χ0) is 13.2. The molecule has 2 aromatic heterocycles. The minimum absolute atomic E-state index is 0.302. The molecule has 19 heavy (non-hydrogen) atoms. The van der Waals surface area contributed by atoms with Crippen LogP contribution in [0, 0.1) is 0 Å². The molecule has 5 heteroatoms. The van der Waals surface area contributed by atoms with E-state index in [-0.39, 0.29) is 0 Å². The van der Waals surface area contributed by atoms with Crippen LogP contribution in [-0.4, -0.2) is 21.0 Å². The van der Waals surface area contributed by atoms with E-state index in [4.69, 9.17) is 5.11 Å². The van der Waals surface area contributed by atoms with Crippen LogP contribution in [-0.2, 0) is 6.42 Å². The Bertz CT molecular complexity index is 752. The molecule has 3 aromatic rings. The van der Waals surface area contributed by atoms with E-state index in [2.05, 4.69) is 9.97 Å². The van der Waals surface area contributed by atoms with Crippen LogP contribution >= 0.6 is 11.3 Å². The third-order valence-corrected chi connectivity index (χ3v) is 3.69. The molecule has 0 bridgehead atoms. The molecule has 0 unspecified atom stereocenters. The maximum atomic E-state index is 11.1. The van der Waals surface area contributed by atoms with Gasteiger partial charge in [0.1, 0.15) is 5.82 Å². The number of aromatic carboxylic acids is 1. The first-order valence-electron chi connectivity index (χ1n) is 5.74. The Morgan fingerprint density at radius 2 is 2.11 bits per heavy atom. The summed E-state index contributed by atoms with van der Waals surface area (Å²) in [5, 5.41) is 11.1. The standard InChI is InChI=1S/C14H10N2O2S/c17-14(18)10-4-2-1-3-9(10)7-13-15-8-12-11(16-13)5-6-19-12/h1-6,8H,7H2,(H,17,18). The van der Waals surface area contributed by atoms with Gasteiger partial charge in [-0.05, 0) is 23.1 Å². The van der Waals surface area contributed by atoms with Gasteiger partial charge in [0.25, 0.3) is 0 Å². The highest BCUT2D eigenvalue weighted by molar-refractivity contribution is 7.17. The van der Waals surface area contributed by atoms with Gasteiger partial charge in [0, 0.05) is 12.6 Å². The van der Waals surface area contributed by atoms with Gasteiger partial charge in [0.2, 0.25) is 0 Å². The summed E-state index contributed by atoms with van der Waals surface area (Å²) < 4.78 is 1.04. The van der Waals surface area contributed by atoms with Gasteiger partial charge in [-0.15, -0.1) is 11.3 Å². The smallest absolute Gasteiger partial charge is 0.335 e. The zero-order valence-corrected chi connectivity index (χ0v) is 10.7. The third-order valence-electron chi connectivity index (χ3n) is 2.85. The monoisotopic (exact) mass is 270 g/mol. The second kappa shape index (κ2) is 4.78. The van der Waals surface area contributed by atoms with Crippen LogP contribution in [0.1, 0.15) is 21.7 Å². The van der Waals surface area contributed by atoms with Crippen molar-refractivity contribution in [3.63, 3.8) is 0 Å². The minimum Gasteiger partial charge on any atom is -0.478 e. The lowest BCUT2D eigenvalue weighted by molar-refractivity contribution is 0.0696. The average molecular weight is 270 g/mol. The van der Waals surface area contributed by atoms with E-state index in [1.54, 1.807) is 35.7 Å². The highest BCUT2D eigenvalue weighted by Crippen LogP contribution is 2.19. The highest BCUT2D eigenvalue weighted by Gasteiger charge is 2.11. The molecule has 0 atom stereocenters. The van der Waals surface area contributed by atoms with E-state index in [9.17, 15) is 4.79 Å². The topological polar surface area (TPSA) is 63.1 Å². The molecule has 0 aliphatic rings. The molecule has 1 N–H and O–H groups in total. The Hall–Kier alpha value is -2.27. The third kappa shape index (κ3) is 2.32. The van der Waals surface area contributed by atoms with Gasteiger partial charge in [-0.2, -0.15) is 0 Å². The molecule has 0 radical (unpaired) electrons. The number of carboxylic acids is 1. The molecule has 4 nitrogen and oxygen atoms in total. The first kappa shape index (κ1) is 11.8. The van der Waals surface area contributed by atoms with Gasteiger partial charge in [-0.1, -0.05) is 18.2 Å². The summed E-state index contributed by atoms with van der Waals surface area (Å²) in [6.45, 7) is 0. The van der Waals surface area contributed by atoms with Crippen molar-refractivity contribution in [3.8, 4) is 0 Å². The van der Waals surface area contributed by atoms with Gasteiger partial charge < -0.3 is 5.11 Å². The summed E-state index contributed by atoms with van der Waals surface area (Å²) in [6.07, 6.45) is 2.21. The molecule has 2 heterocycles. The number of nitrogens with zero attached hydrogens (tertiary/aromatic N) is 2. The lowest BCUT2D eigenvalue weighted by Crippen LogP contribution is -2.04. The van der Waals surface area contributed by atoms with E-state index in [0.29, 0.717) is 17.8 Å². The van der Waals surface area contributed by atoms with Gasteiger partial charge in [0.05, 0.1) is 15.8 Å². The molecule has 1 aromatic carbocycles. The minimum atomic E-state index is -0.924. The Morgan fingerprint density at radius 3 is 2.95 bits per heavy atom. The first-order valence-corrected chi connectivity index (χ1v) is 6.62. The van der Waals surface area contributed by atoms with Crippen molar-refractivity contribution in [1.29, 1.82) is 0 Å². The van der Waals surface area contributed by atoms with Crippen LogP contribution in [0.4, 0.5) is 0 Å². The number of hydrogen-bond acceptors (Lipinski definition) is 4. The van der Waals surface area contributed by atoms with Crippen molar-refractivity contribution >= 4 is 27.5 Å². The van der Waals surface area contributed by atoms with Crippen LogP contribution < -0.4 is 0 Å². The molecular weight excluding hydrogens is 260 g/mol. The first-order chi connectivity index (χ1) is 9.24. The summed E-state index contributed by atoms with van der Waals surface area (Å²) >= 11 is 1.59. The van der Waals surface area contributed by atoms with E-state index >= 15 is 0 Å². The van der Waals surface area contributed by atoms with Crippen LogP contribution in [0.25, 0.3) is 10.2 Å². The van der Waals surface area contributed by atoms with Crippen molar-refractivity contribution < 1.29 is 9.90 Å². The molecule has 94 valence electrons. The maximum Gasteiger partial charge on any atom is 0.335 e. The molecule has 0 fully saturated rings. The highest BCUT2D eigenvalue weighted by atomic mass is 32.1. The SMILES string of the molecule is O=C(O)c1ccccc1Cc1ncc2sccc2n1. The van der Waals surface area contributed by atoms with Crippen molar-refractivity contribution in [2.45, 2.75) is 6.42 Å². The van der Waals surface area contributed by atoms with Crippen LogP contribution in [0.15, 0.2) is 41.9 Å². The molecule has 3 rings (SSSR count). The summed E-state index contributed by atoms with van der Waals surface area (Å²) in [7, 11) is 0. The summed E-state index contributed by atoms with van der Waals surface area (Å²) in [4.78, 5) is 19.9. The molecule has 0 saturated carbocycles. The number of rotatable bonds is 3. The number of carboxylic acid groups (broad SMARTS) is 1. The number of aromatic nitrogens is 2. The second-order valence-electron chi connectivity index (χ2n) is 4.10. The van der Waals surface area contributed by atoms with Crippen molar-refractivity contribution in [2.24, 2.45) is 0 Å². The number of benzene rings is 1. The van der Waals surface area contributed by atoms with E-state index in [1.807, 2.05) is 17.5 Å². The summed E-state index contributed by atoms with van der Waals surface area (Å²) in [5.74, 6) is -0.285. The second-order valence-corrected chi connectivity index (χ2v) is 5.04. The van der Waals surface area contributed by atoms with Gasteiger partial charge >= 0.3 is 5.97 Å². The van der Waals surface area contributed by atoms with Gasteiger partial charge in [-0.25, -0.2) is 14.8 Å². The average Bonchev–Trinajstić information content (AvgIpc) is 2.86. The lowest BCUT2D eigenvalue weighted by Gasteiger charge is -2.04. The number of thiophene rings is 1. The fourth-order valence-electron chi connectivity index (χ4n) is 1.94.